The van der Waals surface area contributed by atoms with Crippen molar-refractivity contribution in [1.29, 1.82) is 0 Å². The van der Waals surface area contributed by atoms with E-state index in [1.807, 2.05) is 30.3 Å². The lowest BCUT2D eigenvalue weighted by molar-refractivity contribution is -0.121. The predicted octanol–water partition coefficient (Wildman–Crippen LogP) is 4.01. The third-order valence-corrected chi connectivity index (χ3v) is 4.51. The summed E-state index contributed by atoms with van der Waals surface area (Å²) in [6.45, 7) is 3.14. The quantitative estimate of drug-likeness (QED) is 0.666. The summed E-state index contributed by atoms with van der Waals surface area (Å²) in [7, 11) is 0. The number of hydrogen-bond donors (Lipinski definition) is 1. The summed E-state index contributed by atoms with van der Waals surface area (Å²) < 4.78 is 11.1. The molecule has 0 unspecified atom stereocenters. The predicted molar refractivity (Wildman–Crippen MR) is 109 cm³/mol. The second-order valence-corrected chi connectivity index (χ2v) is 6.68. The van der Waals surface area contributed by atoms with Gasteiger partial charge in [-0.15, -0.1) is 0 Å². The Morgan fingerprint density at radius 1 is 1.18 bits per heavy atom. The topological polar surface area (TPSA) is 67.9 Å². The molecule has 0 saturated heterocycles. The van der Waals surface area contributed by atoms with E-state index in [1.165, 1.54) is 0 Å². The Balaban J connectivity index is 1.58. The molecule has 0 fully saturated rings. The van der Waals surface area contributed by atoms with Crippen molar-refractivity contribution in [2.45, 2.75) is 32.6 Å². The largest absolute Gasteiger partial charge is 0.493 e. The number of unbranched alkanes of at least 4 members (excludes halogenated alkanes) is 2. The summed E-state index contributed by atoms with van der Waals surface area (Å²) >= 11 is 0. The number of nitrogens with one attached hydrogen (secondary N) is 1. The van der Waals surface area contributed by atoms with Crippen LogP contribution in [0.4, 0.5) is 11.4 Å². The van der Waals surface area contributed by atoms with E-state index >= 15 is 0 Å². The highest BCUT2D eigenvalue weighted by Crippen LogP contribution is 2.34. The van der Waals surface area contributed by atoms with Crippen molar-refractivity contribution in [2.75, 3.05) is 30.0 Å². The summed E-state index contributed by atoms with van der Waals surface area (Å²) in [5.74, 6) is 1.21. The standard InChI is InChI=1S/C22H26N2O4/c1-2-3-7-13-24-19-15-17(10-11-20(19)28-16-22(24)26)23-21(25)12-14-27-18-8-5-4-6-9-18/h4-6,8-11,15H,2-3,7,12-14,16H2,1H3,(H,23,25). The molecule has 6 heteroatoms. The molecule has 1 heterocycles. The van der Waals surface area contributed by atoms with Crippen molar-refractivity contribution < 1.29 is 19.1 Å². The van der Waals surface area contributed by atoms with Gasteiger partial charge >= 0.3 is 0 Å². The number of hydrogen-bond acceptors (Lipinski definition) is 4. The number of fused-ring (bicyclic) bond motifs is 1. The molecular weight excluding hydrogens is 356 g/mol. The highest BCUT2D eigenvalue weighted by atomic mass is 16.5. The molecule has 0 bridgehead atoms. The van der Waals surface area contributed by atoms with Crippen LogP contribution in [0.3, 0.4) is 0 Å². The van der Waals surface area contributed by atoms with Gasteiger partial charge in [0, 0.05) is 12.2 Å². The Hall–Kier alpha value is -3.02. The monoisotopic (exact) mass is 382 g/mol. The zero-order valence-corrected chi connectivity index (χ0v) is 16.1. The maximum atomic E-state index is 12.3. The van der Waals surface area contributed by atoms with E-state index in [4.69, 9.17) is 9.47 Å². The minimum atomic E-state index is -0.142. The van der Waals surface area contributed by atoms with Crippen LogP contribution in [0.15, 0.2) is 48.5 Å². The van der Waals surface area contributed by atoms with Gasteiger partial charge in [-0.3, -0.25) is 9.59 Å². The highest BCUT2D eigenvalue weighted by Gasteiger charge is 2.25. The molecule has 2 amide bonds. The maximum absolute atomic E-state index is 12.3. The normalized spacial score (nSPS) is 12.9. The van der Waals surface area contributed by atoms with Crippen LogP contribution in [0.2, 0.25) is 0 Å². The average molecular weight is 382 g/mol. The van der Waals surface area contributed by atoms with E-state index in [9.17, 15) is 9.59 Å². The van der Waals surface area contributed by atoms with E-state index in [0.29, 0.717) is 30.3 Å². The second-order valence-electron chi connectivity index (χ2n) is 6.68. The number of nitrogens with zero attached hydrogens (tertiary/aromatic N) is 1. The first-order chi connectivity index (χ1) is 13.7. The molecule has 0 atom stereocenters. The van der Waals surface area contributed by atoms with Gasteiger partial charge in [0.1, 0.15) is 11.5 Å². The molecule has 1 aliphatic rings. The van der Waals surface area contributed by atoms with Crippen molar-refractivity contribution >= 4 is 23.2 Å². The average Bonchev–Trinajstić information content (AvgIpc) is 2.70. The number of ether oxygens (including phenoxy) is 2. The fraction of sp³-hybridized carbons (Fsp3) is 0.364. The molecular formula is C22H26N2O4. The van der Waals surface area contributed by atoms with Crippen molar-refractivity contribution in [2.24, 2.45) is 0 Å². The van der Waals surface area contributed by atoms with E-state index < -0.39 is 0 Å². The molecule has 1 N–H and O–H groups in total. The smallest absolute Gasteiger partial charge is 0.265 e. The number of benzene rings is 2. The van der Waals surface area contributed by atoms with Crippen molar-refractivity contribution in [3.8, 4) is 11.5 Å². The molecule has 0 aromatic heterocycles. The molecule has 6 nitrogen and oxygen atoms in total. The van der Waals surface area contributed by atoms with Crippen molar-refractivity contribution in [1.82, 2.24) is 0 Å². The molecule has 28 heavy (non-hydrogen) atoms. The Bertz CT molecular complexity index is 807. The fourth-order valence-corrected chi connectivity index (χ4v) is 3.05. The van der Waals surface area contributed by atoms with Gasteiger partial charge in [-0.25, -0.2) is 0 Å². The SMILES string of the molecule is CCCCCN1C(=O)COc2ccc(NC(=O)CCOc3ccccc3)cc21. The minimum absolute atomic E-state index is 0.0525. The number of rotatable bonds is 9. The van der Waals surface area contributed by atoms with E-state index in [0.717, 1.165) is 25.0 Å². The first-order valence-electron chi connectivity index (χ1n) is 9.72. The van der Waals surface area contributed by atoms with E-state index in [1.54, 1.807) is 23.1 Å². The first kappa shape index (κ1) is 19.7. The van der Waals surface area contributed by atoms with Gasteiger partial charge < -0.3 is 19.7 Å². The third-order valence-electron chi connectivity index (χ3n) is 4.51. The van der Waals surface area contributed by atoms with Crippen molar-refractivity contribution in [3.63, 3.8) is 0 Å². The zero-order valence-electron chi connectivity index (χ0n) is 16.1. The fourth-order valence-electron chi connectivity index (χ4n) is 3.05. The molecule has 148 valence electrons. The van der Waals surface area contributed by atoms with Gasteiger partial charge in [0.2, 0.25) is 5.91 Å². The zero-order chi connectivity index (χ0) is 19.8. The summed E-state index contributed by atoms with van der Waals surface area (Å²) in [5, 5.41) is 2.87. The summed E-state index contributed by atoms with van der Waals surface area (Å²) in [6, 6.07) is 14.8. The maximum Gasteiger partial charge on any atom is 0.265 e. The van der Waals surface area contributed by atoms with Gasteiger partial charge in [0.05, 0.1) is 18.7 Å². The Labute approximate surface area is 165 Å². The second kappa shape index (κ2) is 9.78. The van der Waals surface area contributed by atoms with Gasteiger partial charge in [0.15, 0.2) is 6.61 Å². The summed E-state index contributed by atoms with van der Waals surface area (Å²) in [5.41, 5.74) is 1.35. The van der Waals surface area contributed by atoms with Crippen LogP contribution in [0, 0.1) is 0 Å². The summed E-state index contributed by atoms with van der Waals surface area (Å²) in [4.78, 5) is 26.2. The van der Waals surface area contributed by atoms with Gasteiger partial charge in [-0.1, -0.05) is 38.0 Å². The number of amides is 2. The van der Waals surface area contributed by atoms with Crippen LogP contribution < -0.4 is 19.7 Å². The molecule has 0 radical (unpaired) electrons. The Morgan fingerprint density at radius 2 is 2.00 bits per heavy atom. The lowest BCUT2D eigenvalue weighted by Gasteiger charge is -2.29. The van der Waals surface area contributed by atoms with Crippen LogP contribution in [0.25, 0.3) is 0 Å². The van der Waals surface area contributed by atoms with Gasteiger partial charge in [0.25, 0.3) is 5.91 Å². The molecule has 1 aliphatic heterocycles. The highest BCUT2D eigenvalue weighted by molar-refractivity contribution is 5.99. The third kappa shape index (κ3) is 5.25. The van der Waals surface area contributed by atoms with E-state index in [2.05, 4.69) is 12.2 Å². The Kier molecular flexibility index (Phi) is 6.89. The van der Waals surface area contributed by atoms with Crippen LogP contribution >= 0.6 is 0 Å². The Morgan fingerprint density at radius 3 is 2.79 bits per heavy atom. The molecule has 0 aliphatic carbocycles. The lowest BCUT2D eigenvalue weighted by atomic mass is 10.1. The molecule has 2 aromatic rings. The van der Waals surface area contributed by atoms with Crippen LogP contribution in [-0.4, -0.2) is 31.6 Å². The van der Waals surface area contributed by atoms with Crippen molar-refractivity contribution in [3.05, 3.63) is 48.5 Å². The number of carbonyl (C=O) groups excluding carboxylic acids is 2. The molecule has 2 aromatic carbocycles. The minimum Gasteiger partial charge on any atom is -0.493 e. The molecule has 0 spiro atoms. The molecule has 0 saturated carbocycles. The first-order valence-corrected chi connectivity index (χ1v) is 9.72. The number of anilines is 2. The van der Waals surface area contributed by atoms with Gasteiger partial charge in [-0.2, -0.15) is 0 Å². The van der Waals surface area contributed by atoms with E-state index in [-0.39, 0.29) is 24.8 Å². The molecule has 3 rings (SSSR count). The summed E-state index contributed by atoms with van der Waals surface area (Å²) in [6.07, 6.45) is 3.33. The lowest BCUT2D eigenvalue weighted by Crippen LogP contribution is -2.39. The van der Waals surface area contributed by atoms with Crippen LogP contribution in [0.1, 0.15) is 32.6 Å². The number of para-hydroxylation sites is 1. The van der Waals surface area contributed by atoms with Crippen LogP contribution in [-0.2, 0) is 9.59 Å². The number of carbonyl (C=O) groups is 2. The van der Waals surface area contributed by atoms with Gasteiger partial charge in [-0.05, 0) is 36.8 Å². The van der Waals surface area contributed by atoms with Crippen LogP contribution in [0.5, 0.6) is 11.5 Å².